The van der Waals surface area contributed by atoms with Crippen molar-refractivity contribution in [2.45, 2.75) is 6.54 Å². The number of hydrogen-bond donors (Lipinski definition) is 1. The summed E-state index contributed by atoms with van der Waals surface area (Å²) >= 11 is 3.14. The normalized spacial score (nSPS) is 11.0. The van der Waals surface area contributed by atoms with Crippen LogP contribution in [0.15, 0.2) is 52.2 Å². The minimum Gasteiger partial charge on any atom is -0.351 e. The highest BCUT2D eigenvalue weighted by Crippen LogP contribution is 2.32. The molecule has 0 atom stereocenters. The summed E-state index contributed by atoms with van der Waals surface area (Å²) in [6, 6.07) is 7.91. The molecule has 0 unspecified atom stereocenters. The van der Waals surface area contributed by atoms with Crippen LogP contribution in [-0.2, 0) is 13.6 Å². The lowest BCUT2D eigenvalue weighted by atomic mass is 10.3. The highest BCUT2D eigenvalue weighted by atomic mass is 32.1. The van der Waals surface area contributed by atoms with Gasteiger partial charge in [-0.05, 0) is 40.6 Å². The highest BCUT2D eigenvalue weighted by Gasteiger charge is 2.13. The van der Waals surface area contributed by atoms with Gasteiger partial charge in [0.05, 0.1) is 5.52 Å². The van der Waals surface area contributed by atoms with Crippen LogP contribution in [0.3, 0.4) is 0 Å². The topological polar surface area (TPSA) is 59.8 Å². The molecule has 0 radical (unpaired) electrons. The number of hydrogen-bond acceptors (Lipinski definition) is 6. The first-order valence-electron chi connectivity index (χ1n) is 7.38. The maximum absolute atomic E-state index is 12.6. The zero-order chi connectivity index (χ0) is 16.5. The first-order chi connectivity index (χ1) is 11.7. The molecule has 0 spiro atoms. The van der Waals surface area contributed by atoms with Gasteiger partial charge >= 0.3 is 0 Å². The van der Waals surface area contributed by atoms with Crippen molar-refractivity contribution in [3.8, 4) is 10.4 Å². The van der Waals surface area contributed by atoms with Gasteiger partial charge in [-0.25, -0.2) is 4.98 Å². The summed E-state index contributed by atoms with van der Waals surface area (Å²) in [6.07, 6.45) is 3.50. The van der Waals surface area contributed by atoms with Gasteiger partial charge < -0.3 is 5.32 Å². The minimum atomic E-state index is -0.0243. The van der Waals surface area contributed by atoms with Gasteiger partial charge in [0.1, 0.15) is 4.70 Å². The van der Waals surface area contributed by atoms with Gasteiger partial charge in [0, 0.05) is 36.4 Å². The van der Waals surface area contributed by atoms with E-state index in [2.05, 4.69) is 26.7 Å². The Bertz CT molecular complexity index is 1040. The van der Waals surface area contributed by atoms with Crippen LogP contribution in [0.1, 0.15) is 5.56 Å². The SMILES string of the molecule is Cn1c(NCc2ccncc2)nc2cc(-c3ccsc3)sc2c1=O. The second kappa shape index (κ2) is 6.18. The molecule has 0 fully saturated rings. The fraction of sp³-hybridized carbons (Fsp3) is 0.118. The van der Waals surface area contributed by atoms with Gasteiger partial charge in [-0.3, -0.25) is 14.3 Å². The van der Waals surface area contributed by atoms with Crippen molar-refractivity contribution >= 4 is 38.8 Å². The van der Waals surface area contributed by atoms with Gasteiger partial charge in [0.2, 0.25) is 5.95 Å². The number of pyridine rings is 1. The molecule has 0 bridgehead atoms. The maximum atomic E-state index is 12.6. The number of rotatable bonds is 4. The number of nitrogens with zero attached hydrogens (tertiary/aromatic N) is 3. The average molecular weight is 354 g/mol. The molecule has 4 aromatic heterocycles. The predicted octanol–water partition coefficient (Wildman–Crippen LogP) is 3.73. The molecule has 0 aromatic carbocycles. The summed E-state index contributed by atoms with van der Waals surface area (Å²) in [5, 5.41) is 7.35. The molecule has 120 valence electrons. The Balaban J connectivity index is 1.71. The number of nitrogens with one attached hydrogen (secondary N) is 1. The summed E-state index contributed by atoms with van der Waals surface area (Å²) in [6.45, 7) is 0.593. The van der Waals surface area contributed by atoms with E-state index in [1.807, 2.05) is 23.6 Å². The standard InChI is InChI=1S/C17H14N4OS2/c1-21-16(22)15-13(8-14(24-15)12-4-7-23-10-12)20-17(21)19-9-11-2-5-18-6-3-11/h2-8,10H,9H2,1H3,(H,19,20). The summed E-state index contributed by atoms with van der Waals surface area (Å²) < 4.78 is 2.25. The third-order valence-corrected chi connectivity index (χ3v) is 5.61. The second-order valence-corrected chi connectivity index (χ2v) is 7.18. The third kappa shape index (κ3) is 2.72. The lowest BCUT2D eigenvalue weighted by Crippen LogP contribution is -2.21. The number of anilines is 1. The Labute approximate surface area is 146 Å². The van der Waals surface area contributed by atoms with E-state index in [-0.39, 0.29) is 5.56 Å². The van der Waals surface area contributed by atoms with Gasteiger partial charge in [-0.1, -0.05) is 0 Å². The molecule has 4 aromatic rings. The molecule has 1 N–H and O–H groups in total. The maximum Gasteiger partial charge on any atom is 0.272 e. The molecule has 0 amide bonds. The van der Waals surface area contributed by atoms with Crippen LogP contribution >= 0.6 is 22.7 Å². The molecular weight excluding hydrogens is 340 g/mol. The third-order valence-electron chi connectivity index (χ3n) is 3.76. The van der Waals surface area contributed by atoms with Gasteiger partial charge in [0.15, 0.2) is 0 Å². The van der Waals surface area contributed by atoms with E-state index in [1.54, 1.807) is 35.3 Å². The highest BCUT2D eigenvalue weighted by molar-refractivity contribution is 7.22. The van der Waals surface area contributed by atoms with Gasteiger partial charge in [-0.15, -0.1) is 11.3 Å². The van der Waals surface area contributed by atoms with Crippen LogP contribution in [0.5, 0.6) is 0 Å². The summed E-state index contributed by atoms with van der Waals surface area (Å²) in [5.41, 5.74) is 2.94. The lowest BCUT2D eigenvalue weighted by Gasteiger charge is -2.09. The Morgan fingerprint density at radius 2 is 2.08 bits per heavy atom. The molecule has 5 nitrogen and oxygen atoms in total. The van der Waals surface area contributed by atoms with Crippen molar-refractivity contribution in [3.05, 3.63) is 63.3 Å². The first kappa shape index (κ1) is 15.0. The quantitative estimate of drug-likeness (QED) is 0.607. The van der Waals surface area contributed by atoms with E-state index in [0.29, 0.717) is 17.2 Å². The van der Waals surface area contributed by atoms with Crippen molar-refractivity contribution in [1.82, 2.24) is 14.5 Å². The lowest BCUT2D eigenvalue weighted by molar-refractivity contribution is 0.840. The van der Waals surface area contributed by atoms with E-state index in [9.17, 15) is 4.79 Å². The van der Waals surface area contributed by atoms with Crippen molar-refractivity contribution in [1.29, 1.82) is 0 Å². The van der Waals surface area contributed by atoms with E-state index in [1.165, 1.54) is 11.3 Å². The van der Waals surface area contributed by atoms with Gasteiger partial charge in [0.25, 0.3) is 5.56 Å². The van der Waals surface area contributed by atoms with Crippen LogP contribution in [0.2, 0.25) is 0 Å². The molecule has 7 heteroatoms. The number of aromatic nitrogens is 3. The fourth-order valence-electron chi connectivity index (χ4n) is 2.44. The van der Waals surface area contributed by atoms with Crippen LogP contribution in [0, 0.1) is 0 Å². The van der Waals surface area contributed by atoms with Crippen molar-refractivity contribution < 1.29 is 0 Å². The summed E-state index contributed by atoms with van der Waals surface area (Å²) in [5.74, 6) is 0.569. The Kier molecular flexibility index (Phi) is 3.87. The predicted molar refractivity (Wildman–Crippen MR) is 99.7 cm³/mol. The Morgan fingerprint density at radius 1 is 1.25 bits per heavy atom. The minimum absolute atomic E-state index is 0.0243. The number of thiophene rings is 2. The van der Waals surface area contributed by atoms with Crippen LogP contribution in [0.4, 0.5) is 5.95 Å². The smallest absolute Gasteiger partial charge is 0.272 e. The molecular formula is C17H14N4OS2. The van der Waals surface area contributed by atoms with Gasteiger partial charge in [-0.2, -0.15) is 11.3 Å². The molecule has 24 heavy (non-hydrogen) atoms. The Morgan fingerprint density at radius 3 is 2.83 bits per heavy atom. The van der Waals surface area contributed by atoms with Crippen molar-refractivity contribution in [2.75, 3.05) is 5.32 Å². The molecule has 0 saturated heterocycles. The molecule has 0 saturated carbocycles. The largest absolute Gasteiger partial charge is 0.351 e. The fourth-order valence-corrected chi connectivity index (χ4v) is 4.24. The molecule has 0 aliphatic carbocycles. The molecule has 4 heterocycles. The molecule has 0 aliphatic heterocycles. The number of fused-ring (bicyclic) bond motifs is 1. The van der Waals surface area contributed by atoms with Crippen LogP contribution in [-0.4, -0.2) is 14.5 Å². The summed E-state index contributed by atoms with van der Waals surface area (Å²) in [4.78, 5) is 22.3. The van der Waals surface area contributed by atoms with Crippen molar-refractivity contribution in [3.63, 3.8) is 0 Å². The summed E-state index contributed by atoms with van der Waals surface area (Å²) in [7, 11) is 1.74. The van der Waals surface area contributed by atoms with E-state index in [0.717, 1.165) is 21.5 Å². The Hall–Kier alpha value is -2.51. The zero-order valence-electron chi connectivity index (χ0n) is 12.9. The van der Waals surface area contributed by atoms with E-state index in [4.69, 9.17) is 0 Å². The van der Waals surface area contributed by atoms with E-state index >= 15 is 0 Å². The first-order valence-corrected chi connectivity index (χ1v) is 9.14. The van der Waals surface area contributed by atoms with E-state index < -0.39 is 0 Å². The molecule has 4 rings (SSSR count). The average Bonchev–Trinajstić information content (AvgIpc) is 3.27. The van der Waals surface area contributed by atoms with Crippen LogP contribution in [0.25, 0.3) is 20.7 Å². The second-order valence-electron chi connectivity index (χ2n) is 5.35. The zero-order valence-corrected chi connectivity index (χ0v) is 14.5. The molecule has 0 aliphatic rings. The van der Waals surface area contributed by atoms with Crippen molar-refractivity contribution in [2.24, 2.45) is 7.05 Å². The van der Waals surface area contributed by atoms with Crippen LogP contribution < -0.4 is 10.9 Å². The monoisotopic (exact) mass is 354 g/mol.